The van der Waals surface area contributed by atoms with E-state index in [2.05, 4.69) is 13.8 Å². The Morgan fingerprint density at radius 1 is 0.690 bits per heavy atom. The lowest BCUT2D eigenvalue weighted by atomic mass is 9.84. The van der Waals surface area contributed by atoms with E-state index in [9.17, 15) is 19.8 Å². The molecule has 6 heteroatoms. The first-order valence-electron chi connectivity index (χ1n) is 11.9. The standard InChI is InChI=1S/C23H44N2O4/c1-3-5-7-9-11-13-15-23(16-14-12-10-8-6-4-2)21(28)24(17-19-26)22(29)25(23)18-20-27/h26-27H,3-20H2,1-2H3. The van der Waals surface area contributed by atoms with Crippen molar-refractivity contribution in [2.45, 2.75) is 109 Å². The van der Waals surface area contributed by atoms with Crippen LogP contribution in [-0.2, 0) is 4.79 Å². The molecule has 0 aromatic heterocycles. The smallest absolute Gasteiger partial charge is 0.327 e. The second kappa shape index (κ2) is 14.8. The Morgan fingerprint density at radius 2 is 1.14 bits per heavy atom. The molecule has 0 aromatic rings. The summed E-state index contributed by atoms with van der Waals surface area (Å²) in [4.78, 5) is 29.0. The summed E-state index contributed by atoms with van der Waals surface area (Å²) in [5, 5.41) is 18.9. The van der Waals surface area contributed by atoms with Gasteiger partial charge in [-0.3, -0.25) is 9.69 Å². The van der Waals surface area contributed by atoms with Gasteiger partial charge in [-0.15, -0.1) is 0 Å². The van der Waals surface area contributed by atoms with E-state index < -0.39 is 5.54 Å². The molecule has 1 saturated heterocycles. The van der Waals surface area contributed by atoms with Crippen molar-refractivity contribution >= 4 is 11.9 Å². The number of imide groups is 1. The Balaban J connectivity index is 2.84. The molecule has 1 rings (SSSR count). The van der Waals surface area contributed by atoms with Crippen molar-refractivity contribution < 1.29 is 19.8 Å². The number of urea groups is 1. The van der Waals surface area contributed by atoms with Crippen molar-refractivity contribution in [2.24, 2.45) is 0 Å². The summed E-state index contributed by atoms with van der Waals surface area (Å²) in [5.41, 5.74) is -0.843. The van der Waals surface area contributed by atoms with Crippen LogP contribution in [0.25, 0.3) is 0 Å². The van der Waals surface area contributed by atoms with Gasteiger partial charge in [0, 0.05) is 6.54 Å². The van der Waals surface area contributed by atoms with Gasteiger partial charge in [0.1, 0.15) is 5.54 Å². The van der Waals surface area contributed by atoms with Crippen LogP contribution < -0.4 is 0 Å². The molecule has 1 aliphatic heterocycles. The maximum absolute atomic E-state index is 13.3. The highest BCUT2D eigenvalue weighted by atomic mass is 16.3. The minimum Gasteiger partial charge on any atom is -0.395 e. The summed E-state index contributed by atoms with van der Waals surface area (Å²) < 4.78 is 0. The number of β-amino-alcohol motifs (C(OH)–C–C–N with tert-alkyl or cyclic N) is 2. The molecule has 1 fully saturated rings. The van der Waals surface area contributed by atoms with Crippen LogP contribution in [0.3, 0.4) is 0 Å². The highest BCUT2D eigenvalue weighted by Gasteiger charge is 2.55. The number of unbranched alkanes of at least 4 members (excludes halogenated alkanes) is 10. The fraction of sp³-hybridized carbons (Fsp3) is 0.913. The number of amides is 3. The topological polar surface area (TPSA) is 81.1 Å². The monoisotopic (exact) mass is 412 g/mol. The largest absolute Gasteiger partial charge is 0.395 e. The van der Waals surface area contributed by atoms with Crippen molar-refractivity contribution in [3.8, 4) is 0 Å². The number of carbonyl (C=O) groups is 2. The third kappa shape index (κ3) is 7.56. The number of hydrogen-bond acceptors (Lipinski definition) is 4. The second-order valence-corrected chi connectivity index (χ2v) is 8.41. The predicted octanol–water partition coefficient (Wildman–Crippen LogP) is 4.48. The molecule has 6 nitrogen and oxygen atoms in total. The molecule has 0 aliphatic carbocycles. The van der Waals surface area contributed by atoms with Crippen LogP contribution >= 0.6 is 0 Å². The van der Waals surface area contributed by atoms with Gasteiger partial charge in [0.15, 0.2) is 0 Å². The van der Waals surface area contributed by atoms with E-state index in [1.165, 1.54) is 43.4 Å². The predicted molar refractivity (Wildman–Crippen MR) is 117 cm³/mol. The van der Waals surface area contributed by atoms with Crippen molar-refractivity contribution in [1.29, 1.82) is 0 Å². The summed E-state index contributed by atoms with van der Waals surface area (Å²) in [7, 11) is 0. The number of rotatable bonds is 18. The van der Waals surface area contributed by atoms with Gasteiger partial charge in [-0.25, -0.2) is 4.79 Å². The fourth-order valence-electron chi connectivity index (χ4n) is 4.49. The lowest BCUT2D eigenvalue weighted by Gasteiger charge is -2.35. The number of aliphatic hydroxyl groups is 2. The molecule has 1 heterocycles. The minimum absolute atomic E-state index is 0.0361. The molecule has 0 saturated carbocycles. The lowest BCUT2D eigenvalue weighted by molar-refractivity contribution is -0.134. The molecular weight excluding hydrogens is 368 g/mol. The Bertz CT molecular complexity index is 454. The van der Waals surface area contributed by atoms with Crippen LogP contribution in [0.15, 0.2) is 0 Å². The summed E-state index contributed by atoms with van der Waals surface area (Å²) in [6.07, 6.45) is 14.9. The molecule has 0 unspecified atom stereocenters. The van der Waals surface area contributed by atoms with Crippen molar-refractivity contribution in [3.63, 3.8) is 0 Å². The Kier molecular flexibility index (Phi) is 13.2. The molecule has 0 atom stereocenters. The first-order valence-corrected chi connectivity index (χ1v) is 11.9. The van der Waals surface area contributed by atoms with Gasteiger partial charge in [0.25, 0.3) is 5.91 Å². The summed E-state index contributed by atoms with van der Waals surface area (Å²) in [6, 6.07) is -0.352. The molecule has 1 aliphatic rings. The fourth-order valence-corrected chi connectivity index (χ4v) is 4.49. The number of aliphatic hydroxyl groups excluding tert-OH is 2. The molecule has 0 spiro atoms. The molecule has 0 bridgehead atoms. The third-order valence-electron chi connectivity index (χ3n) is 6.16. The van der Waals surface area contributed by atoms with E-state index in [1.54, 1.807) is 4.90 Å². The molecule has 2 N–H and O–H groups in total. The first kappa shape index (κ1) is 25.9. The van der Waals surface area contributed by atoms with Crippen LogP contribution in [0.5, 0.6) is 0 Å². The average Bonchev–Trinajstić information content (AvgIpc) is 2.90. The third-order valence-corrected chi connectivity index (χ3v) is 6.16. The Labute approximate surface area is 177 Å². The van der Waals surface area contributed by atoms with Crippen LogP contribution in [0, 0.1) is 0 Å². The first-order chi connectivity index (χ1) is 14.1. The van der Waals surface area contributed by atoms with E-state index in [0.29, 0.717) is 12.8 Å². The Morgan fingerprint density at radius 3 is 1.59 bits per heavy atom. The van der Waals surface area contributed by atoms with Crippen LogP contribution in [0.1, 0.15) is 104 Å². The van der Waals surface area contributed by atoms with Gasteiger partial charge < -0.3 is 15.1 Å². The van der Waals surface area contributed by atoms with Gasteiger partial charge in [0.05, 0.1) is 19.8 Å². The lowest BCUT2D eigenvalue weighted by Crippen LogP contribution is -2.50. The van der Waals surface area contributed by atoms with Crippen LogP contribution in [0.2, 0.25) is 0 Å². The molecule has 29 heavy (non-hydrogen) atoms. The maximum Gasteiger partial charge on any atom is 0.327 e. The van der Waals surface area contributed by atoms with E-state index in [0.717, 1.165) is 38.5 Å². The number of hydrogen-bond donors (Lipinski definition) is 2. The van der Waals surface area contributed by atoms with Gasteiger partial charge in [-0.2, -0.15) is 0 Å². The van der Waals surface area contributed by atoms with E-state index in [-0.39, 0.29) is 38.2 Å². The van der Waals surface area contributed by atoms with Crippen molar-refractivity contribution in [1.82, 2.24) is 9.80 Å². The average molecular weight is 413 g/mol. The second-order valence-electron chi connectivity index (χ2n) is 8.41. The minimum atomic E-state index is -0.843. The maximum atomic E-state index is 13.3. The highest BCUT2D eigenvalue weighted by Crippen LogP contribution is 2.37. The van der Waals surface area contributed by atoms with Gasteiger partial charge in [-0.1, -0.05) is 90.9 Å². The van der Waals surface area contributed by atoms with E-state index in [4.69, 9.17) is 0 Å². The molecular formula is C23H44N2O4. The number of nitrogens with zero attached hydrogens (tertiary/aromatic N) is 2. The summed E-state index contributed by atoms with van der Waals surface area (Å²) in [6.45, 7) is 4.23. The Hall–Kier alpha value is -1.14. The van der Waals surface area contributed by atoms with Crippen LogP contribution in [0.4, 0.5) is 4.79 Å². The zero-order valence-electron chi connectivity index (χ0n) is 18.8. The number of carbonyl (C=O) groups excluding carboxylic acids is 2. The summed E-state index contributed by atoms with van der Waals surface area (Å²) >= 11 is 0. The summed E-state index contributed by atoms with van der Waals surface area (Å²) in [5.74, 6) is -0.174. The van der Waals surface area contributed by atoms with Gasteiger partial charge in [0.2, 0.25) is 0 Å². The zero-order valence-corrected chi connectivity index (χ0v) is 18.8. The highest BCUT2D eigenvalue weighted by molar-refractivity contribution is 6.07. The SMILES string of the molecule is CCCCCCCCC1(CCCCCCCC)C(=O)N(CCO)C(=O)N1CCO. The molecule has 170 valence electrons. The molecule has 0 aromatic carbocycles. The molecule has 3 amide bonds. The molecule has 0 radical (unpaired) electrons. The normalized spacial score (nSPS) is 16.3. The van der Waals surface area contributed by atoms with Gasteiger partial charge in [-0.05, 0) is 12.8 Å². The zero-order chi connectivity index (χ0) is 21.5. The van der Waals surface area contributed by atoms with Crippen LogP contribution in [-0.4, -0.2) is 63.8 Å². The van der Waals surface area contributed by atoms with E-state index >= 15 is 0 Å². The van der Waals surface area contributed by atoms with E-state index in [1.807, 2.05) is 0 Å². The van der Waals surface area contributed by atoms with Crippen molar-refractivity contribution in [3.05, 3.63) is 0 Å². The van der Waals surface area contributed by atoms with Crippen molar-refractivity contribution in [2.75, 3.05) is 26.3 Å². The van der Waals surface area contributed by atoms with Gasteiger partial charge >= 0.3 is 6.03 Å². The quantitative estimate of drug-likeness (QED) is 0.257.